The Bertz CT molecular complexity index is 1040. The highest BCUT2D eigenvalue weighted by molar-refractivity contribution is 6.35. The maximum absolute atomic E-state index is 13.1. The molecule has 2 saturated heterocycles. The van der Waals surface area contributed by atoms with Gasteiger partial charge < -0.3 is 9.80 Å². The van der Waals surface area contributed by atoms with Gasteiger partial charge in [0.05, 0.1) is 22.8 Å². The highest BCUT2D eigenvalue weighted by atomic mass is 35.5. The summed E-state index contributed by atoms with van der Waals surface area (Å²) in [6.07, 6.45) is 3.97. The number of nitrogens with zero attached hydrogens (tertiary/aromatic N) is 4. The van der Waals surface area contributed by atoms with E-state index in [0.717, 1.165) is 61.4 Å². The first-order chi connectivity index (χ1) is 15.7. The van der Waals surface area contributed by atoms with Gasteiger partial charge >= 0.3 is 0 Å². The number of carbonyl (C=O) groups excluding carboxylic acids is 2. The summed E-state index contributed by atoms with van der Waals surface area (Å²) in [4.78, 5) is 29.9. The van der Waals surface area contributed by atoms with Gasteiger partial charge in [-0.05, 0) is 63.6 Å². The molecule has 2 aliphatic rings. The largest absolute Gasteiger partial charge is 0.342 e. The molecule has 33 heavy (non-hydrogen) atoms. The number of hydrogen-bond donors (Lipinski definition) is 0. The molecule has 0 atom stereocenters. The fourth-order valence-electron chi connectivity index (χ4n) is 4.94. The zero-order chi connectivity index (χ0) is 23.7. The van der Waals surface area contributed by atoms with Crippen LogP contribution < -0.4 is 0 Å². The third-order valence-corrected chi connectivity index (χ3v) is 7.74. The summed E-state index contributed by atoms with van der Waals surface area (Å²) < 4.78 is 1.78. The number of piperidine rings is 2. The zero-order valence-corrected chi connectivity index (χ0v) is 21.1. The molecule has 178 valence electrons. The van der Waals surface area contributed by atoms with Crippen LogP contribution in [0.2, 0.25) is 10.0 Å². The highest BCUT2D eigenvalue weighted by Crippen LogP contribution is 2.28. The second kappa shape index (κ2) is 10.1. The van der Waals surface area contributed by atoms with Crippen LogP contribution in [-0.2, 0) is 16.0 Å². The maximum Gasteiger partial charge on any atom is 0.227 e. The molecule has 2 fully saturated rings. The lowest BCUT2D eigenvalue weighted by Gasteiger charge is -2.36. The van der Waals surface area contributed by atoms with Gasteiger partial charge in [-0.2, -0.15) is 5.10 Å². The van der Waals surface area contributed by atoms with Crippen LogP contribution in [0.3, 0.4) is 0 Å². The van der Waals surface area contributed by atoms with Crippen molar-refractivity contribution in [3.8, 4) is 5.69 Å². The van der Waals surface area contributed by atoms with E-state index in [1.807, 2.05) is 29.7 Å². The molecule has 1 aromatic heterocycles. The third-order valence-electron chi connectivity index (χ3n) is 7.20. The highest BCUT2D eigenvalue weighted by Gasteiger charge is 2.32. The van der Waals surface area contributed by atoms with Gasteiger partial charge in [-0.15, -0.1) is 0 Å². The normalized spacial score (nSPS) is 18.1. The van der Waals surface area contributed by atoms with E-state index in [2.05, 4.69) is 12.0 Å². The summed E-state index contributed by atoms with van der Waals surface area (Å²) in [5.74, 6) is 1.11. The van der Waals surface area contributed by atoms with Crippen LogP contribution in [0.5, 0.6) is 0 Å². The molecule has 0 N–H and O–H groups in total. The van der Waals surface area contributed by atoms with E-state index < -0.39 is 0 Å². The SMILES string of the molecule is Cc1nn(-c2ccc(Cl)cc2Cl)c(C)c1CC(=O)N1CCC(C(=O)N2CCC(C)CC2)CC1. The van der Waals surface area contributed by atoms with Crippen LogP contribution in [0, 0.1) is 25.7 Å². The molecule has 0 radical (unpaired) electrons. The predicted molar refractivity (Wildman–Crippen MR) is 131 cm³/mol. The van der Waals surface area contributed by atoms with Crippen LogP contribution in [0.15, 0.2) is 18.2 Å². The summed E-state index contributed by atoms with van der Waals surface area (Å²) in [7, 11) is 0. The molecule has 2 amide bonds. The lowest BCUT2D eigenvalue weighted by Crippen LogP contribution is -2.46. The zero-order valence-electron chi connectivity index (χ0n) is 19.6. The first-order valence-electron chi connectivity index (χ1n) is 11.8. The average Bonchev–Trinajstić information content (AvgIpc) is 3.07. The lowest BCUT2D eigenvalue weighted by molar-refractivity contribution is -0.141. The minimum atomic E-state index is 0.0423. The number of carbonyl (C=O) groups is 2. The van der Waals surface area contributed by atoms with Gasteiger partial charge in [-0.1, -0.05) is 30.1 Å². The summed E-state index contributed by atoms with van der Waals surface area (Å²) in [5.41, 5.74) is 3.38. The molecule has 2 aromatic rings. The van der Waals surface area contributed by atoms with Crippen LogP contribution in [0.1, 0.15) is 49.6 Å². The minimum absolute atomic E-state index is 0.0423. The smallest absolute Gasteiger partial charge is 0.227 e. The molecule has 3 heterocycles. The molecule has 0 bridgehead atoms. The fourth-order valence-corrected chi connectivity index (χ4v) is 5.43. The first-order valence-corrected chi connectivity index (χ1v) is 12.6. The van der Waals surface area contributed by atoms with Gasteiger partial charge in [-0.3, -0.25) is 9.59 Å². The predicted octanol–water partition coefficient (Wildman–Crippen LogP) is 4.84. The number of rotatable bonds is 4. The van der Waals surface area contributed by atoms with E-state index in [-0.39, 0.29) is 17.7 Å². The second-order valence-corrected chi connectivity index (χ2v) is 10.3. The average molecular weight is 491 g/mol. The Hall–Kier alpha value is -2.05. The van der Waals surface area contributed by atoms with Gasteiger partial charge in [0.1, 0.15) is 0 Å². The monoisotopic (exact) mass is 490 g/mol. The van der Waals surface area contributed by atoms with Gasteiger partial charge in [0.15, 0.2) is 0 Å². The number of halogens is 2. The summed E-state index contributed by atoms with van der Waals surface area (Å²) in [5, 5.41) is 5.71. The molecule has 0 saturated carbocycles. The van der Waals surface area contributed by atoms with Gasteiger partial charge in [0, 0.05) is 48.4 Å². The van der Waals surface area contributed by atoms with E-state index in [0.29, 0.717) is 35.5 Å². The van der Waals surface area contributed by atoms with Crippen molar-refractivity contribution in [3.05, 3.63) is 45.2 Å². The summed E-state index contributed by atoms with van der Waals surface area (Å²) >= 11 is 12.4. The first kappa shape index (κ1) is 24.1. The van der Waals surface area contributed by atoms with Crippen LogP contribution in [0.4, 0.5) is 0 Å². The molecule has 0 unspecified atom stereocenters. The van der Waals surface area contributed by atoms with E-state index >= 15 is 0 Å². The molecular formula is C25H32Cl2N4O2. The standard InChI is InChI=1S/C25H32Cl2N4O2/c1-16-6-10-30(11-7-16)25(33)19-8-12-29(13-9-19)24(32)15-21-17(2)28-31(18(21)3)23-5-4-20(26)14-22(23)27/h4-5,14,16,19H,6-13,15H2,1-3H3. The van der Waals surface area contributed by atoms with Crippen molar-refractivity contribution >= 4 is 35.0 Å². The summed E-state index contributed by atoms with van der Waals surface area (Å²) in [6, 6.07) is 5.30. The molecule has 1 aromatic carbocycles. The number of benzene rings is 1. The minimum Gasteiger partial charge on any atom is -0.342 e. The van der Waals surface area contributed by atoms with Crippen LogP contribution >= 0.6 is 23.2 Å². The van der Waals surface area contributed by atoms with Crippen LogP contribution in [0.25, 0.3) is 5.69 Å². The van der Waals surface area contributed by atoms with Crippen molar-refractivity contribution in [2.75, 3.05) is 26.2 Å². The Kier molecular flexibility index (Phi) is 7.34. The molecule has 2 aliphatic heterocycles. The Morgan fingerprint density at radius 3 is 2.27 bits per heavy atom. The van der Waals surface area contributed by atoms with Gasteiger partial charge in [-0.25, -0.2) is 4.68 Å². The van der Waals surface area contributed by atoms with E-state index in [9.17, 15) is 9.59 Å². The van der Waals surface area contributed by atoms with Gasteiger partial charge in [0.25, 0.3) is 0 Å². The maximum atomic E-state index is 13.1. The Labute approximate surface area is 205 Å². The fraction of sp³-hybridized carbons (Fsp3) is 0.560. The van der Waals surface area contributed by atoms with Crippen molar-refractivity contribution < 1.29 is 9.59 Å². The van der Waals surface area contributed by atoms with Gasteiger partial charge in [0.2, 0.25) is 11.8 Å². The number of hydrogen-bond acceptors (Lipinski definition) is 3. The number of amides is 2. The molecule has 6 nitrogen and oxygen atoms in total. The lowest BCUT2D eigenvalue weighted by atomic mass is 9.92. The topological polar surface area (TPSA) is 58.4 Å². The van der Waals surface area contributed by atoms with Crippen molar-refractivity contribution in [1.29, 1.82) is 0 Å². The Balaban J connectivity index is 1.38. The van der Waals surface area contributed by atoms with Crippen molar-refractivity contribution in [2.24, 2.45) is 11.8 Å². The number of aryl methyl sites for hydroxylation is 1. The Morgan fingerprint density at radius 2 is 1.64 bits per heavy atom. The third kappa shape index (κ3) is 5.22. The molecule has 8 heteroatoms. The van der Waals surface area contributed by atoms with Crippen LogP contribution in [-0.4, -0.2) is 57.6 Å². The molecule has 4 rings (SSSR count). The number of likely N-dealkylation sites (tertiary alicyclic amines) is 2. The molecule has 0 aliphatic carbocycles. The van der Waals surface area contributed by atoms with E-state index in [1.165, 1.54) is 0 Å². The molecule has 0 spiro atoms. The summed E-state index contributed by atoms with van der Waals surface area (Å²) in [6.45, 7) is 9.14. The van der Waals surface area contributed by atoms with Crippen molar-refractivity contribution in [3.63, 3.8) is 0 Å². The van der Waals surface area contributed by atoms with E-state index in [1.54, 1.807) is 16.8 Å². The Morgan fingerprint density at radius 1 is 1.00 bits per heavy atom. The second-order valence-electron chi connectivity index (χ2n) is 9.50. The quantitative estimate of drug-likeness (QED) is 0.616. The molecular weight excluding hydrogens is 459 g/mol. The number of aromatic nitrogens is 2. The van der Waals surface area contributed by atoms with E-state index in [4.69, 9.17) is 23.2 Å². The van der Waals surface area contributed by atoms with Crippen molar-refractivity contribution in [2.45, 2.75) is 52.9 Å². The van der Waals surface area contributed by atoms with Crippen molar-refractivity contribution in [1.82, 2.24) is 19.6 Å².